The molecule has 0 aliphatic carbocycles. The van der Waals surface area contributed by atoms with Gasteiger partial charge in [0.15, 0.2) is 5.65 Å². The Hall–Kier alpha value is -3.48. The van der Waals surface area contributed by atoms with Gasteiger partial charge in [0.05, 0.1) is 18.8 Å². The number of nitrogens with zero attached hydrogens (tertiary/aromatic N) is 4. The number of anilines is 1. The summed E-state index contributed by atoms with van der Waals surface area (Å²) in [6.07, 6.45) is 1.67. The van der Waals surface area contributed by atoms with E-state index >= 15 is 0 Å². The number of aryl methyl sites for hydroxylation is 1. The molecule has 4 aromatic rings. The molecule has 0 aliphatic rings. The topological polar surface area (TPSA) is 88.1 Å². The first kappa shape index (κ1) is 15.1. The van der Waals surface area contributed by atoms with E-state index in [0.29, 0.717) is 11.6 Å². The Bertz CT molecular complexity index is 1090. The molecule has 2 aromatic heterocycles. The molecule has 124 valence electrons. The minimum atomic E-state index is 0.329. The molecule has 0 fully saturated rings. The highest BCUT2D eigenvalue weighted by molar-refractivity contribution is 6.04. The fraction of sp³-hybridized carbons (Fsp3) is 0.111. The van der Waals surface area contributed by atoms with E-state index in [9.17, 15) is 0 Å². The van der Waals surface area contributed by atoms with Crippen LogP contribution in [0.25, 0.3) is 22.1 Å². The van der Waals surface area contributed by atoms with Crippen molar-refractivity contribution < 1.29 is 4.74 Å². The van der Waals surface area contributed by atoms with E-state index in [0.717, 1.165) is 33.3 Å². The molecular weight excluding hydrogens is 316 g/mol. The second-order valence-electron chi connectivity index (χ2n) is 5.60. The maximum atomic E-state index is 5.19. The van der Waals surface area contributed by atoms with Crippen molar-refractivity contribution in [3.8, 4) is 5.75 Å². The fourth-order valence-corrected chi connectivity index (χ4v) is 2.68. The molecule has 25 heavy (non-hydrogen) atoms. The SMILES string of the molecule is COc1cccc(/C=N\Nc2nnc3c(n2)[nH]c2c(C)cccc23)c1. The number of rotatable bonds is 4. The van der Waals surface area contributed by atoms with Crippen molar-refractivity contribution in [2.24, 2.45) is 5.10 Å². The first-order chi connectivity index (χ1) is 12.2. The summed E-state index contributed by atoms with van der Waals surface area (Å²) in [6.45, 7) is 2.04. The quantitative estimate of drug-likeness (QED) is 0.442. The Morgan fingerprint density at radius 1 is 1.16 bits per heavy atom. The zero-order valence-corrected chi connectivity index (χ0v) is 13.8. The number of hydrazone groups is 1. The maximum absolute atomic E-state index is 5.19. The van der Waals surface area contributed by atoms with Crippen molar-refractivity contribution >= 4 is 34.2 Å². The average molecular weight is 332 g/mol. The molecule has 0 saturated carbocycles. The van der Waals surface area contributed by atoms with Crippen molar-refractivity contribution in [2.75, 3.05) is 12.5 Å². The Kier molecular flexibility index (Phi) is 3.74. The predicted molar refractivity (Wildman–Crippen MR) is 98.1 cm³/mol. The Balaban J connectivity index is 1.60. The Labute approximate surface area is 143 Å². The highest BCUT2D eigenvalue weighted by atomic mass is 16.5. The van der Waals surface area contributed by atoms with Crippen molar-refractivity contribution in [3.05, 3.63) is 53.6 Å². The van der Waals surface area contributed by atoms with E-state index in [1.165, 1.54) is 0 Å². The predicted octanol–water partition coefficient (Wildman–Crippen LogP) is 3.27. The van der Waals surface area contributed by atoms with Crippen molar-refractivity contribution in [3.63, 3.8) is 0 Å². The number of ether oxygens (including phenoxy) is 1. The van der Waals surface area contributed by atoms with Gasteiger partial charge in [0, 0.05) is 5.39 Å². The molecule has 7 heteroatoms. The molecule has 0 amide bonds. The zero-order valence-electron chi connectivity index (χ0n) is 13.8. The van der Waals surface area contributed by atoms with Gasteiger partial charge in [0.25, 0.3) is 5.95 Å². The van der Waals surface area contributed by atoms with Gasteiger partial charge >= 0.3 is 0 Å². The van der Waals surface area contributed by atoms with Crippen LogP contribution in [0.3, 0.4) is 0 Å². The number of H-pyrrole nitrogens is 1. The monoisotopic (exact) mass is 332 g/mol. The van der Waals surface area contributed by atoms with Gasteiger partial charge in [-0.3, -0.25) is 0 Å². The van der Waals surface area contributed by atoms with E-state index in [2.05, 4.69) is 30.7 Å². The molecular formula is C18H16N6O. The second-order valence-corrected chi connectivity index (χ2v) is 5.60. The number of aromatic amines is 1. The van der Waals surface area contributed by atoms with Crippen LogP contribution < -0.4 is 10.2 Å². The second kappa shape index (κ2) is 6.20. The van der Waals surface area contributed by atoms with Gasteiger partial charge in [-0.2, -0.15) is 10.1 Å². The first-order valence-electron chi connectivity index (χ1n) is 7.79. The van der Waals surface area contributed by atoms with E-state index in [4.69, 9.17) is 4.74 Å². The molecule has 0 radical (unpaired) electrons. The molecule has 2 aromatic carbocycles. The average Bonchev–Trinajstić information content (AvgIpc) is 3.01. The summed E-state index contributed by atoms with van der Waals surface area (Å²) in [7, 11) is 1.63. The van der Waals surface area contributed by atoms with Crippen molar-refractivity contribution in [2.45, 2.75) is 6.92 Å². The van der Waals surface area contributed by atoms with Gasteiger partial charge in [-0.25, -0.2) is 5.43 Å². The van der Waals surface area contributed by atoms with Crippen LogP contribution in [0.2, 0.25) is 0 Å². The molecule has 0 aliphatic heterocycles. The van der Waals surface area contributed by atoms with Crippen LogP contribution in [0.4, 0.5) is 5.95 Å². The number of hydrogen-bond acceptors (Lipinski definition) is 6. The van der Waals surface area contributed by atoms with E-state index in [-0.39, 0.29) is 0 Å². The molecule has 0 unspecified atom stereocenters. The van der Waals surface area contributed by atoms with Crippen LogP contribution in [0, 0.1) is 6.92 Å². The molecule has 0 saturated heterocycles. The van der Waals surface area contributed by atoms with Crippen LogP contribution in [0.5, 0.6) is 5.75 Å². The lowest BCUT2D eigenvalue weighted by Gasteiger charge is -2.00. The minimum absolute atomic E-state index is 0.329. The summed E-state index contributed by atoms with van der Waals surface area (Å²) >= 11 is 0. The van der Waals surface area contributed by atoms with Crippen LogP contribution >= 0.6 is 0 Å². The standard InChI is InChI=1S/C18H16N6O/c1-11-5-3-8-14-15(11)20-17-16(14)22-24-18(21-17)23-19-10-12-6-4-7-13(9-12)25-2/h3-10H,1-2H3,(H2,20,21,23,24)/b19-10-. The van der Waals surface area contributed by atoms with E-state index in [1.54, 1.807) is 13.3 Å². The number of methoxy groups -OCH3 is 1. The first-order valence-corrected chi connectivity index (χ1v) is 7.79. The van der Waals surface area contributed by atoms with Crippen molar-refractivity contribution in [1.82, 2.24) is 20.2 Å². The zero-order chi connectivity index (χ0) is 17.2. The lowest BCUT2D eigenvalue weighted by Crippen LogP contribution is -1.99. The summed E-state index contributed by atoms with van der Waals surface area (Å²) in [5.41, 5.74) is 7.31. The summed E-state index contributed by atoms with van der Waals surface area (Å²) in [6, 6.07) is 13.6. The van der Waals surface area contributed by atoms with Gasteiger partial charge in [-0.1, -0.05) is 30.3 Å². The maximum Gasteiger partial charge on any atom is 0.265 e. The molecule has 0 spiro atoms. The summed E-state index contributed by atoms with van der Waals surface area (Å²) in [4.78, 5) is 7.73. The van der Waals surface area contributed by atoms with Gasteiger partial charge in [-0.15, -0.1) is 10.2 Å². The number of hydrogen-bond donors (Lipinski definition) is 2. The molecule has 7 nitrogen and oxygen atoms in total. The number of nitrogens with one attached hydrogen (secondary N) is 2. The highest BCUT2D eigenvalue weighted by Gasteiger charge is 2.09. The fourth-order valence-electron chi connectivity index (χ4n) is 2.68. The largest absolute Gasteiger partial charge is 0.497 e. The third-order valence-electron chi connectivity index (χ3n) is 3.93. The lowest BCUT2D eigenvalue weighted by molar-refractivity contribution is 0.415. The summed E-state index contributed by atoms with van der Waals surface area (Å²) in [5, 5.41) is 13.5. The highest BCUT2D eigenvalue weighted by Crippen LogP contribution is 2.24. The van der Waals surface area contributed by atoms with Crippen LogP contribution in [-0.2, 0) is 0 Å². The van der Waals surface area contributed by atoms with Gasteiger partial charge in [0.2, 0.25) is 0 Å². The molecule has 0 atom stereocenters. The number of aromatic nitrogens is 4. The lowest BCUT2D eigenvalue weighted by atomic mass is 10.1. The molecule has 4 rings (SSSR count). The summed E-state index contributed by atoms with van der Waals surface area (Å²) < 4.78 is 5.19. The number of benzene rings is 2. The number of para-hydroxylation sites is 1. The van der Waals surface area contributed by atoms with Crippen molar-refractivity contribution in [1.29, 1.82) is 0 Å². The molecule has 0 bridgehead atoms. The normalized spacial score (nSPS) is 11.4. The van der Waals surface area contributed by atoms with E-state index < -0.39 is 0 Å². The number of fused-ring (bicyclic) bond motifs is 3. The molecule has 2 heterocycles. The smallest absolute Gasteiger partial charge is 0.265 e. The third-order valence-corrected chi connectivity index (χ3v) is 3.93. The Morgan fingerprint density at radius 3 is 2.92 bits per heavy atom. The Morgan fingerprint density at radius 2 is 2.04 bits per heavy atom. The third kappa shape index (κ3) is 2.87. The minimum Gasteiger partial charge on any atom is -0.497 e. The van der Waals surface area contributed by atoms with Gasteiger partial charge < -0.3 is 9.72 Å². The molecule has 2 N–H and O–H groups in total. The van der Waals surface area contributed by atoms with Gasteiger partial charge in [0.1, 0.15) is 11.3 Å². The van der Waals surface area contributed by atoms with Gasteiger partial charge in [-0.05, 0) is 30.2 Å². The van der Waals surface area contributed by atoms with Crippen LogP contribution in [0.1, 0.15) is 11.1 Å². The summed E-state index contributed by atoms with van der Waals surface area (Å²) in [5.74, 6) is 1.10. The van der Waals surface area contributed by atoms with Crippen LogP contribution in [-0.4, -0.2) is 33.5 Å². The van der Waals surface area contributed by atoms with Crippen LogP contribution in [0.15, 0.2) is 47.6 Å². The van der Waals surface area contributed by atoms with E-state index in [1.807, 2.05) is 49.4 Å².